The van der Waals surface area contributed by atoms with Crippen LogP contribution in [0.25, 0.3) is 12.2 Å². The van der Waals surface area contributed by atoms with Crippen molar-refractivity contribution in [2.75, 3.05) is 14.2 Å². The maximum absolute atomic E-state index is 12.3. The van der Waals surface area contributed by atoms with E-state index in [9.17, 15) is 39.9 Å². The average Bonchev–Trinajstić information content (AvgIpc) is 2.91. The highest BCUT2D eigenvalue weighted by atomic mass is 16.7. The highest BCUT2D eigenvalue weighted by Crippen LogP contribution is 2.32. The topological polar surface area (TPSA) is 189 Å². The highest BCUT2D eigenvalue weighted by molar-refractivity contribution is 6.10. The van der Waals surface area contributed by atoms with Gasteiger partial charge in [-0.15, -0.1) is 0 Å². The zero-order chi connectivity index (χ0) is 28.7. The molecule has 0 amide bonds. The number of carboxylic acid groups (broad SMARTS) is 1. The number of aromatic hydroxyl groups is 1. The second kappa shape index (κ2) is 13.0. The third-order valence-corrected chi connectivity index (χ3v) is 5.72. The fourth-order valence-electron chi connectivity index (χ4n) is 3.63. The Morgan fingerprint density at radius 3 is 1.95 bits per heavy atom. The number of ketones is 2. The summed E-state index contributed by atoms with van der Waals surface area (Å²) in [6.45, 7) is 0. The van der Waals surface area contributed by atoms with Gasteiger partial charge in [0, 0.05) is 0 Å². The zero-order valence-electron chi connectivity index (χ0n) is 21.0. The number of phenols is 1. The molecule has 0 radical (unpaired) electrons. The van der Waals surface area contributed by atoms with Gasteiger partial charge in [-0.25, -0.2) is 4.79 Å². The van der Waals surface area contributed by atoms with Crippen LogP contribution in [0.5, 0.6) is 23.0 Å². The largest absolute Gasteiger partial charge is 0.504 e. The van der Waals surface area contributed by atoms with Crippen molar-refractivity contribution in [2.45, 2.75) is 37.1 Å². The second-order valence-electron chi connectivity index (χ2n) is 8.47. The molecule has 2 aromatic carbocycles. The van der Waals surface area contributed by atoms with Gasteiger partial charge in [0.15, 0.2) is 40.7 Å². The van der Waals surface area contributed by atoms with Gasteiger partial charge in [-0.05, 0) is 47.5 Å². The summed E-state index contributed by atoms with van der Waals surface area (Å²) in [5.74, 6) is -2.07. The predicted molar refractivity (Wildman–Crippen MR) is 135 cm³/mol. The SMILES string of the molecule is COc1cc(/C=C/C(=O)CC(=O)/C=C/c2ccc(O[C@@H]3O[C@@H](C(=O)O)[C@@H](O)[C@@H](O)[C@@H]3O)c(OC)c2)ccc1O. The number of hydrogen-bond donors (Lipinski definition) is 5. The predicted octanol–water partition coefficient (Wildman–Crippen LogP) is 0.935. The number of benzene rings is 2. The number of hydrogen-bond acceptors (Lipinski definition) is 11. The van der Waals surface area contributed by atoms with Crippen molar-refractivity contribution in [2.24, 2.45) is 0 Å². The number of rotatable bonds is 11. The highest BCUT2D eigenvalue weighted by Gasteiger charge is 2.48. The smallest absolute Gasteiger partial charge is 0.335 e. The van der Waals surface area contributed by atoms with Gasteiger partial charge in [-0.3, -0.25) is 9.59 Å². The van der Waals surface area contributed by atoms with Crippen LogP contribution in [0.15, 0.2) is 48.6 Å². The number of methoxy groups -OCH3 is 2. The van der Waals surface area contributed by atoms with E-state index in [1.807, 2.05) is 0 Å². The van der Waals surface area contributed by atoms with Crippen LogP contribution >= 0.6 is 0 Å². The Morgan fingerprint density at radius 2 is 1.38 bits per heavy atom. The van der Waals surface area contributed by atoms with Crippen molar-refractivity contribution in [3.63, 3.8) is 0 Å². The number of allylic oxidation sites excluding steroid dienone is 2. The van der Waals surface area contributed by atoms with Gasteiger partial charge >= 0.3 is 5.97 Å². The van der Waals surface area contributed by atoms with Gasteiger partial charge in [-0.1, -0.05) is 24.3 Å². The van der Waals surface area contributed by atoms with Crippen LogP contribution in [0, 0.1) is 0 Å². The van der Waals surface area contributed by atoms with E-state index in [0.717, 1.165) is 0 Å². The normalized spacial score (nSPS) is 23.1. The number of phenolic OH excluding ortho intramolecular Hbond substituents is 1. The summed E-state index contributed by atoms with van der Waals surface area (Å²) in [7, 11) is 2.73. The summed E-state index contributed by atoms with van der Waals surface area (Å²) in [5, 5.41) is 48.7. The number of carboxylic acids is 1. The standard InChI is InChI=1S/C27H28O12/c1-36-20-11-14(5-9-18(20)30)3-7-16(28)13-17(29)8-4-15-6-10-19(21(12-15)37-2)38-27-24(33)22(31)23(32)25(39-27)26(34)35/h3-12,22-25,27,30-33H,13H2,1-2H3,(H,34,35)/b7-3+,8-4+/t22-,23+,24+,25-,27-/m1/s1. The van der Waals surface area contributed by atoms with Gasteiger partial charge in [0.05, 0.1) is 20.6 Å². The maximum Gasteiger partial charge on any atom is 0.335 e. The lowest BCUT2D eigenvalue weighted by molar-refractivity contribution is -0.271. The third kappa shape index (κ3) is 7.42. The third-order valence-electron chi connectivity index (χ3n) is 5.72. The van der Waals surface area contributed by atoms with Crippen molar-refractivity contribution < 1.29 is 58.9 Å². The Balaban J connectivity index is 1.63. The van der Waals surface area contributed by atoms with E-state index in [4.69, 9.17) is 18.9 Å². The van der Waals surface area contributed by atoms with Gasteiger partial charge in [-0.2, -0.15) is 0 Å². The first kappa shape index (κ1) is 29.3. The summed E-state index contributed by atoms with van der Waals surface area (Å²) >= 11 is 0. The molecule has 0 saturated carbocycles. The van der Waals surface area contributed by atoms with Gasteiger partial charge < -0.3 is 44.5 Å². The molecular weight excluding hydrogens is 516 g/mol. The minimum absolute atomic E-state index is 0.0314. The first-order valence-electron chi connectivity index (χ1n) is 11.6. The molecule has 5 atom stereocenters. The Labute approximate surface area is 222 Å². The molecule has 12 nitrogen and oxygen atoms in total. The molecule has 12 heteroatoms. The lowest BCUT2D eigenvalue weighted by atomic mass is 9.99. The lowest BCUT2D eigenvalue weighted by Gasteiger charge is -2.38. The van der Waals surface area contributed by atoms with Crippen molar-refractivity contribution in [1.29, 1.82) is 0 Å². The van der Waals surface area contributed by atoms with Crippen LogP contribution in [-0.2, 0) is 19.1 Å². The van der Waals surface area contributed by atoms with Gasteiger partial charge in [0.1, 0.15) is 18.3 Å². The molecular formula is C27H28O12. The molecule has 1 fully saturated rings. The molecule has 0 spiro atoms. The fraction of sp³-hybridized carbons (Fsp3) is 0.296. The summed E-state index contributed by atoms with van der Waals surface area (Å²) < 4.78 is 20.9. The van der Waals surface area contributed by atoms with E-state index < -0.39 is 48.2 Å². The van der Waals surface area contributed by atoms with Crippen molar-refractivity contribution in [3.05, 3.63) is 59.7 Å². The summed E-state index contributed by atoms with van der Waals surface area (Å²) in [4.78, 5) is 35.7. The monoisotopic (exact) mass is 544 g/mol. The number of aliphatic hydroxyl groups is 3. The van der Waals surface area contributed by atoms with Crippen molar-refractivity contribution in [1.82, 2.24) is 0 Å². The Kier molecular flexibility index (Phi) is 9.79. The molecule has 3 rings (SSSR count). The van der Waals surface area contributed by atoms with E-state index in [0.29, 0.717) is 11.1 Å². The van der Waals surface area contributed by atoms with Crippen LogP contribution < -0.4 is 14.2 Å². The zero-order valence-corrected chi connectivity index (χ0v) is 21.0. The molecule has 208 valence electrons. The summed E-state index contributed by atoms with van der Waals surface area (Å²) in [6, 6.07) is 8.96. The first-order chi connectivity index (χ1) is 18.5. The number of ether oxygens (including phenoxy) is 4. The molecule has 0 bridgehead atoms. The van der Waals surface area contributed by atoms with E-state index in [2.05, 4.69) is 0 Å². The van der Waals surface area contributed by atoms with E-state index in [1.54, 1.807) is 12.1 Å². The molecule has 1 heterocycles. The molecule has 2 aromatic rings. The van der Waals surface area contributed by atoms with E-state index in [-0.39, 0.29) is 29.4 Å². The van der Waals surface area contributed by atoms with Crippen LogP contribution in [0.2, 0.25) is 0 Å². The number of aliphatic carboxylic acids is 1. The molecule has 0 aliphatic carbocycles. The van der Waals surface area contributed by atoms with Crippen molar-refractivity contribution >= 4 is 29.7 Å². The Bertz CT molecular complexity index is 1270. The molecule has 1 aliphatic heterocycles. The quantitative estimate of drug-likeness (QED) is 0.199. The fourth-order valence-corrected chi connectivity index (χ4v) is 3.63. The van der Waals surface area contributed by atoms with Gasteiger partial charge in [0.2, 0.25) is 6.29 Å². The number of carbonyl (C=O) groups excluding carboxylic acids is 2. The Morgan fingerprint density at radius 1 is 0.821 bits per heavy atom. The van der Waals surface area contributed by atoms with Crippen LogP contribution in [0.4, 0.5) is 0 Å². The van der Waals surface area contributed by atoms with E-state index in [1.165, 1.54) is 62.8 Å². The average molecular weight is 545 g/mol. The van der Waals surface area contributed by atoms with E-state index >= 15 is 0 Å². The molecule has 0 aromatic heterocycles. The lowest BCUT2D eigenvalue weighted by Crippen LogP contribution is -2.61. The second-order valence-corrected chi connectivity index (χ2v) is 8.47. The Hall–Kier alpha value is -4.23. The first-order valence-corrected chi connectivity index (χ1v) is 11.6. The minimum Gasteiger partial charge on any atom is -0.504 e. The molecule has 5 N–H and O–H groups in total. The van der Waals surface area contributed by atoms with Crippen LogP contribution in [-0.4, -0.2) is 88.0 Å². The minimum atomic E-state index is -1.86. The summed E-state index contributed by atoms with van der Waals surface area (Å²) in [5.41, 5.74) is 1.10. The maximum atomic E-state index is 12.3. The molecule has 39 heavy (non-hydrogen) atoms. The van der Waals surface area contributed by atoms with Crippen LogP contribution in [0.1, 0.15) is 17.5 Å². The van der Waals surface area contributed by atoms with Gasteiger partial charge in [0.25, 0.3) is 0 Å². The number of carbonyl (C=O) groups is 3. The molecule has 0 unspecified atom stereocenters. The van der Waals surface area contributed by atoms with Crippen molar-refractivity contribution in [3.8, 4) is 23.0 Å². The number of aliphatic hydroxyl groups excluding tert-OH is 3. The molecule has 1 saturated heterocycles. The molecule has 1 aliphatic rings. The van der Waals surface area contributed by atoms with Crippen LogP contribution in [0.3, 0.4) is 0 Å². The summed E-state index contributed by atoms with van der Waals surface area (Å²) in [6.07, 6.45) is -3.85.